The minimum absolute atomic E-state index is 0. The molecule has 0 radical (unpaired) electrons. The molecule has 4 nitrogen and oxygen atoms in total. The Labute approximate surface area is 143 Å². The van der Waals surface area contributed by atoms with Crippen molar-refractivity contribution in [3.05, 3.63) is 44.3 Å². The van der Waals surface area contributed by atoms with Gasteiger partial charge < -0.3 is 5.11 Å². The van der Waals surface area contributed by atoms with Gasteiger partial charge in [0.25, 0.3) is 0 Å². The van der Waals surface area contributed by atoms with E-state index in [-0.39, 0.29) is 17.1 Å². The average Bonchev–Trinajstić information content (AvgIpc) is 2.50. The van der Waals surface area contributed by atoms with E-state index in [1.165, 1.54) is 0 Å². The number of allylic oxidation sites excluding steroid dienone is 3. The molecule has 0 saturated heterocycles. The molecule has 0 rings (SSSR count). The molecule has 0 amide bonds. The topological polar surface area (TPSA) is 79.9 Å². The molecule has 0 aliphatic rings. The second-order valence-electron chi connectivity index (χ2n) is 3.74. The molecule has 0 aromatic heterocycles. The Morgan fingerprint density at radius 1 is 1.00 bits per heavy atom. The summed E-state index contributed by atoms with van der Waals surface area (Å²) in [7, 11) is 0. The van der Waals surface area contributed by atoms with Crippen molar-refractivity contribution < 1.29 is 36.1 Å². The van der Waals surface area contributed by atoms with Gasteiger partial charge in [0.05, 0.1) is 5.60 Å². The van der Waals surface area contributed by atoms with E-state index in [0.717, 1.165) is 31.6 Å². The number of unbranched alkanes of at least 4 members (excludes halogenated alkanes) is 2. The zero-order valence-corrected chi connectivity index (χ0v) is 14.1. The van der Waals surface area contributed by atoms with Crippen molar-refractivity contribution in [3.8, 4) is 0 Å². The Morgan fingerprint density at radius 2 is 1.48 bits per heavy atom. The van der Waals surface area contributed by atoms with Crippen LogP contribution in [0, 0.1) is 20.0 Å². The molecule has 0 bridgehead atoms. The molecule has 1 N–H and O–H groups in total. The summed E-state index contributed by atoms with van der Waals surface area (Å²) in [5.74, 6) is 0.719. The second-order valence-corrected chi connectivity index (χ2v) is 4.12. The molecular formula is C15H21ClFeO4. The Hall–Kier alpha value is -0.531. The van der Waals surface area contributed by atoms with Crippen LogP contribution in [0.2, 0.25) is 0 Å². The molecular weight excluding hydrogens is 335 g/mol. The van der Waals surface area contributed by atoms with Crippen molar-refractivity contribution >= 4 is 11.6 Å². The normalized spacial score (nSPS) is 11.3. The number of rotatable bonds is 7. The fraction of sp³-hybridized carbons (Fsp3) is 0.533. The van der Waals surface area contributed by atoms with E-state index in [1.54, 1.807) is 0 Å². The third kappa shape index (κ3) is 38.2. The van der Waals surface area contributed by atoms with Gasteiger partial charge in [-0.05, 0) is 26.7 Å². The molecule has 0 aromatic rings. The summed E-state index contributed by atoms with van der Waals surface area (Å²) < 4.78 is 22.5. The average molecular weight is 357 g/mol. The van der Waals surface area contributed by atoms with Gasteiger partial charge in [0.1, 0.15) is 0 Å². The van der Waals surface area contributed by atoms with Crippen LogP contribution in [0.25, 0.3) is 0 Å². The quantitative estimate of drug-likeness (QED) is 0.186. The molecule has 0 aromatic carbocycles. The summed E-state index contributed by atoms with van der Waals surface area (Å²) in [6.07, 6.45) is 11.6. The Balaban J connectivity index is -0.000000107. The number of hydrogen-bond acceptors (Lipinski definition) is 1. The molecule has 1 atom stereocenters. The summed E-state index contributed by atoms with van der Waals surface area (Å²) in [5, 5.41) is 9.89. The summed E-state index contributed by atoms with van der Waals surface area (Å²) in [6, 6.07) is 0. The van der Waals surface area contributed by atoms with Crippen molar-refractivity contribution in [2.75, 3.05) is 5.88 Å². The van der Waals surface area contributed by atoms with Gasteiger partial charge in [-0.15, -0.1) is 11.6 Å². The summed E-state index contributed by atoms with van der Waals surface area (Å²) in [5.41, 5.74) is -0.675. The molecule has 21 heavy (non-hydrogen) atoms. The maximum absolute atomic E-state index is 9.89. The van der Waals surface area contributed by atoms with Gasteiger partial charge in [-0.25, -0.2) is 0 Å². The molecule has 120 valence electrons. The van der Waals surface area contributed by atoms with E-state index in [4.69, 9.17) is 25.6 Å². The molecule has 0 unspecified atom stereocenters. The van der Waals surface area contributed by atoms with Crippen LogP contribution in [0.15, 0.2) is 24.3 Å². The van der Waals surface area contributed by atoms with E-state index in [1.807, 2.05) is 38.2 Å². The van der Waals surface area contributed by atoms with Crippen LogP contribution in [0.1, 0.15) is 39.5 Å². The second kappa shape index (κ2) is 31.7. The van der Waals surface area contributed by atoms with Gasteiger partial charge >= 0.3 is 33.9 Å². The molecule has 0 aliphatic heterocycles. The van der Waals surface area contributed by atoms with Crippen LogP contribution in [-0.4, -0.2) is 16.6 Å². The summed E-state index contributed by atoms with van der Waals surface area (Å²) in [6.45, 7) is 17.3. The molecule has 0 fully saturated rings. The minimum Gasteiger partial charge on any atom is 0 e. The predicted octanol–water partition coefficient (Wildman–Crippen LogP) is 3.55. The van der Waals surface area contributed by atoms with Crippen molar-refractivity contribution in [1.82, 2.24) is 0 Å². The first kappa shape index (κ1) is 32.4. The fourth-order valence-electron chi connectivity index (χ4n) is 1.21. The number of hydrogen-bond donors (Lipinski definition) is 1. The third-order valence-electron chi connectivity index (χ3n) is 2.08. The van der Waals surface area contributed by atoms with Gasteiger partial charge in [0, 0.05) is 22.9 Å². The maximum Gasteiger partial charge on any atom is 0 e. The largest absolute Gasteiger partial charge is 0 e. The third-order valence-corrected chi connectivity index (χ3v) is 2.34. The van der Waals surface area contributed by atoms with E-state index < -0.39 is 5.60 Å². The van der Waals surface area contributed by atoms with Crippen LogP contribution in [0.4, 0.5) is 0 Å². The number of aliphatic hydroxyl groups is 1. The van der Waals surface area contributed by atoms with Crippen LogP contribution < -0.4 is 0 Å². The summed E-state index contributed by atoms with van der Waals surface area (Å²) >= 11 is 5.57. The molecule has 0 spiro atoms. The van der Waals surface area contributed by atoms with E-state index in [9.17, 15) is 5.11 Å². The zero-order chi connectivity index (χ0) is 16.9. The van der Waals surface area contributed by atoms with E-state index in [2.05, 4.69) is 20.0 Å². The first-order valence-electron chi connectivity index (χ1n) is 5.82. The Morgan fingerprint density at radius 3 is 1.86 bits per heavy atom. The van der Waals surface area contributed by atoms with Gasteiger partial charge in [0.2, 0.25) is 0 Å². The van der Waals surface area contributed by atoms with Gasteiger partial charge in [-0.2, -0.15) is 0 Å². The van der Waals surface area contributed by atoms with Crippen molar-refractivity contribution in [1.29, 1.82) is 0 Å². The van der Waals surface area contributed by atoms with E-state index in [0.29, 0.717) is 0 Å². The van der Waals surface area contributed by atoms with E-state index >= 15 is 0 Å². The van der Waals surface area contributed by atoms with Gasteiger partial charge in [-0.1, -0.05) is 37.1 Å². The Kier molecular flexibility index (Phi) is 49.0. The van der Waals surface area contributed by atoms with Crippen molar-refractivity contribution in [2.45, 2.75) is 45.1 Å². The number of alkyl halides is 1. The first-order valence-corrected chi connectivity index (χ1v) is 6.36. The predicted molar refractivity (Wildman–Crippen MR) is 75.6 cm³/mol. The standard InChI is InChI=1S/C12H21ClO.3CO.Fe/c1-3-4-6-9-12(2,14)10-7-5-8-11-13;3*1-2;/h3-4,6,9,14H,5,7-8,10-11H2,1-2H3;;;;/b4-3+,9-6-;;;;/t12-;;;;/m0..../s1. The van der Waals surface area contributed by atoms with Crippen LogP contribution in [0.3, 0.4) is 0 Å². The van der Waals surface area contributed by atoms with Gasteiger partial charge in [-0.3, -0.25) is 0 Å². The van der Waals surface area contributed by atoms with Crippen LogP contribution >= 0.6 is 11.6 Å². The molecule has 6 heteroatoms. The first-order chi connectivity index (χ1) is 9.62. The fourth-order valence-corrected chi connectivity index (χ4v) is 1.40. The molecule has 0 saturated carbocycles. The van der Waals surface area contributed by atoms with Gasteiger partial charge in [0.15, 0.2) is 0 Å². The van der Waals surface area contributed by atoms with Crippen molar-refractivity contribution in [3.63, 3.8) is 0 Å². The smallest absolute Gasteiger partial charge is 0 e. The van der Waals surface area contributed by atoms with Crippen LogP contribution in [-0.2, 0) is 31.0 Å². The summed E-state index contributed by atoms with van der Waals surface area (Å²) in [4.78, 5) is 0. The SMILES string of the molecule is C/C=C/C=C\[C@](C)(O)CCCCCCl.[C-]#[O+].[C-]#[O+].[C-]#[O+].[Fe]. The molecule has 0 aliphatic carbocycles. The minimum atomic E-state index is -0.675. The number of halogens is 1. The Bertz CT molecular complexity index is 280. The van der Waals surface area contributed by atoms with Crippen molar-refractivity contribution in [2.24, 2.45) is 0 Å². The van der Waals surface area contributed by atoms with Crippen LogP contribution in [0.5, 0.6) is 0 Å². The maximum atomic E-state index is 9.89. The monoisotopic (exact) mass is 356 g/mol. The molecule has 0 heterocycles. The zero-order valence-electron chi connectivity index (χ0n) is 12.2.